The highest BCUT2D eigenvalue weighted by Gasteiger charge is 2.10. The maximum Gasteiger partial charge on any atom is 0.0368 e. The van der Waals surface area contributed by atoms with Crippen LogP contribution in [0.25, 0.3) is 6.08 Å². The molecule has 0 unspecified atom stereocenters. The van der Waals surface area contributed by atoms with E-state index in [2.05, 4.69) is 70.9 Å². The van der Waals surface area contributed by atoms with Crippen molar-refractivity contribution < 1.29 is 0 Å². The molecule has 0 atom stereocenters. The minimum Gasteiger partial charge on any atom is -0.382 e. The fourth-order valence-electron chi connectivity index (χ4n) is 2.55. The molecule has 0 aromatic heterocycles. The summed E-state index contributed by atoms with van der Waals surface area (Å²) in [4.78, 5) is 2.47. The van der Waals surface area contributed by atoms with Gasteiger partial charge >= 0.3 is 0 Å². The molecular weight excluding hydrogens is 288 g/mol. The fraction of sp³-hybridized carbons (Fsp3) is 0.263. The molecule has 3 rings (SSSR count). The minimum atomic E-state index is 0.842. The van der Waals surface area contributed by atoms with Crippen molar-refractivity contribution in [2.24, 2.45) is 0 Å². The molecule has 3 heteroatoms. The zero-order valence-electron chi connectivity index (χ0n) is 12.7. The molecule has 0 amide bonds. The Morgan fingerprint density at radius 3 is 2.41 bits per heavy atom. The van der Waals surface area contributed by atoms with Gasteiger partial charge in [-0.3, -0.25) is 0 Å². The lowest BCUT2D eigenvalue weighted by Crippen LogP contribution is -2.32. The second-order valence-electron chi connectivity index (χ2n) is 5.34. The van der Waals surface area contributed by atoms with E-state index in [4.69, 9.17) is 0 Å². The predicted octanol–water partition coefficient (Wildman–Crippen LogP) is 4.37. The fourth-order valence-corrected chi connectivity index (χ4v) is 3.45. The molecule has 1 fully saturated rings. The van der Waals surface area contributed by atoms with Crippen LogP contribution in [0.1, 0.15) is 5.56 Å². The first-order valence-corrected chi connectivity index (χ1v) is 8.95. The number of thioether (sulfide) groups is 1. The molecule has 2 nitrogen and oxygen atoms in total. The van der Waals surface area contributed by atoms with Crippen LogP contribution in [0.2, 0.25) is 0 Å². The Hall–Kier alpha value is -1.87. The molecule has 2 aromatic carbocycles. The molecule has 0 radical (unpaired) electrons. The summed E-state index contributed by atoms with van der Waals surface area (Å²) >= 11 is 2.05. The average Bonchev–Trinajstić information content (AvgIpc) is 2.61. The van der Waals surface area contributed by atoms with E-state index >= 15 is 0 Å². The molecular formula is C19H22N2S. The highest BCUT2D eigenvalue weighted by Crippen LogP contribution is 2.21. The first-order valence-electron chi connectivity index (χ1n) is 7.80. The summed E-state index contributed by atoms with van der Waals surface area (Å²) in [7, 11) is 0. The van der Waals surface area contributed by atoms with E-state index in [-0.39, 0.29) is 0 Å². The van der Waals surface area contributed by atoms with E-state index in [1.165, 1.54) is 28.4 Å². The maximum absolute atomic E-state index is 3.44. The smallest absolute Gasteiger partial charge is 0.0368 e. The van der Waals surface area contributed by atoms with Crippen molar-refractivity contribution >= 4 is 29.2 Å². The van der Waals surface area contributed by atoms with Gasteiger partial charge in [0.05, 0.1) is 0 Å². The molecule has 0 spiro atoms. The van der Waals surface area contributed by atoms with Crippen LogP contribution in [0.5, 0.6) is 0 Å². The van der Waals surface area contributed by atoms with Crippen LogP contribution < -0.4 is 10.2 Å². The predicted molar refractivity (Wildman–Crippen MR) is 99.9 cm³/mol. The first-order chi connectivity index (χ1) is 10.9. The summed E-state index contributed by atoms with van der Waals surface area (Å²) in [5, 5.41) is 3.44. The lowest BCUT2D eigenvalue weighted by atomic mass is 10.2. The lowest BCUT2D eigenvalue weighted by molar-refractivity contribution is 0.859. The van der Waals surface area contributed by atoms with Gasteiger partial charge in [0.25, 0.3) is 0 Å². The maximum atomic E-state index is 3.44. The Morgan fingerprint density at radius 1 is 0.955 bits per heavy atom. The monoisotopic (exact) mass is 310 g/mol. The van der Waals surface area contributed by atoms with Crippen molar-refractivity contribution in [2.45, 2.75) is 0 Å². The highest BCUT2D eigenvalue weighted by atomic mass is 32.2. The van der Waals surface area contributed by atoms with Gasteiger partial charge in [0.1, 0.15) is 0 Å². The zero-order chi connectivity index (χ0) is 15.0. The van der Waals surface area contributed by atoms with E-state index in [1.807, 2.05) is 17.8 Å². The second kappa shape index (κ2) is 7.95. The van der Waals surface area contributed by atoms with Gasteiger partial charge in [-0.2, -0.15) is 11.8 Å². The summed E-state index contributed by atoms with van der Waals surface area (Å²) in [6.45, 7) is 3.17. The summed E-state index contributed by atoms with van der Waals surface area (Å²) < 4.78 is 0. The van der Waals surface area contributed by atoms with Crippen LogP contribution in [-0.2, 0) is 0 Å². The first kappa shape index (κ1) is 15.0. The zero-order valence-corrected chi connectivity index (χ0v) is 13.6. The van der Waals surface area contributed by atoms with Crippen molar-refractivity contribution in [1.82, 2.24) is 0 Å². The van der Waals surface area contributed by atoms with E-state index in [0.717, 1.165) is 19.6 Å². The van der Waals surface area contributed by atoms with Crippen molar-refractivity contribution in [3.63, 3.8) is 0 Å². The van der Waals surface area contributed by atoms with Gasteiger partial charge in [-0.25, -0.2) is 0 Å². The number of anilines is 2. The topological polar surface area (TPSA) is 15.3 Å². The van der Waals surface area contributed by atoms with E-state index < -0.39 is 0 Å². The van der Waals surface area contributed by atoms with E-state index in [9.17, 15) is 0 Å². The largest absolute Gasteiger partial charge is 0.382 e. The summed E-state index contributed by atoms with van der Waals surface area (Å²) in [6, 6.07) is 19.2. The van der Waals surface area contributed by atoms with Gasteiger partial charge < -0.3 is 10.2 Å². The van der Waals surface area contributed by atoms with Crippen LogP contribution >= 0.6 is 11.8 Å². The van der Waals surface area contributed by atoms with Crippen LogP contribution in [-0.4, -0.2) is 31.1 Å². The molecule has 1 aliphatic heterocycles. The third-order valence-corrected chi connectivity index (χ3v) is 4.72. The summed E-state index contributed by atoms with van der Waals surface area (Å²) in [6.07, 6.45) is 4.30. The van der Waals surface area contributed by atoms with Crippen molar-refractivity contribution in [3.05, 3.63) is 66.2 Å². The third kappa shape index (κ3) is 4.31. The summed E-state index contributed by atoms with van der Waals surface area (Å²) in [5.74, 6) is 2.48. The van der Waals surface area contributed by atoms with Crippen molar-refractivity contribution in [1.29, 1.82) is 0 Å². The van der Waals surface area contributed by atoms with E-state index in [1.54, 1.807) is 0 Å². The van der Waals surface area contributed by atoms with Crippen LogP contribution in [0, 0.1) is 0 Å². The number of rotatable bonds is 5. The lowest BCUT2D eigenvalue weighted by Gasteiger charge is -2.28. The molecule has 1 N–H and O–H groups in total. The molecule has 0 bridgehead atoms. The highest BCUT2D eigenvalue weighted by molar-refractivity contribution is 7.99. The Kier molecular flexibility index (Phi) is 5.43. The van der Waals surface area contributed by atoms with Gasteiger partial charge in [0.15, 0.2) is 0 Å². The molecule has 114 valence electrons. The third-order valence-electron chi connectivity index (χ3n) is 3.78. The number of hydrogen-bond acceptors (Lipinski definition) is 3. The molecule has 0 saturated carbocycles. The molecule has 2 aromatic rings. The Labute approximate surface area is 137 Å². The summed E-state index contributed by atoms with van der Waals surface area (Å²) in [5.41, 5.74) is 3.75. The Balaban J connectivity index is 1.49. The Bertz CT molecular complexity index is 587. The normalized spacial score (nSPS) is 15.2. The van der Waals surface area contributed by atoms with Gasteiger partial charge in [-0.15, -0.1) is 0 Å². The van der Waals surface area contributed by atoms with Gasteiger partial charge in [-0.05, 0) is 29.8 Å². The quantitative estimate of drug-likeness (QED) is 0.883. The van der Waals surface area contributed by atoms with Crippen molar-refractivity contribution in [3.8, 4) is 0 Å². The number of benzene rings is 2. The van der Waals surface area contributed by atoms with Crippen LogP contribution in [0.3, 0.4) is 0 Å². The second-order valence-corrected chi connectivity index (χ2v) is 6.56. The molecule has 1 heterocycles. The van der Waals surface area contributed by atoms with Crippen molar-refractivity contribution in [2.75, 3.05) is 41.4 Å². The van der Waals surface area contributed by atoms with Crippen LogP contribution in [0.15, 0.2) is 60.7 Å². The van der Waals surface area contributed by atoms with E-state index in [0.29, 0.717) is 0 Å². The average molecular weight is 310 g/mol. The molecule has 0 aliphatic carbocycles. The van der Waals surface area contributed by atoms with Gasteiger partial charge in [0, 0.05) is 42.5 Å². The SMILES string of the molecule is C(=C\c1ccccc1)/CNc1ccc(N2CCSCC2)cc1. The molecule has 1 saturated heterocycles. The number of hydrogen-bond donors (Lipinski definition) is 1. The Morgan fingerprint density at radius 2 is 1.68 bits per heavy atom. The van der Waals surface area contributed by atoms with Crippen LogP contribution in [0.4, 0.5) is 11.4 Å². The molecule has 1 aliphatic rings. The minimum absolute atomic E-state index is 0.842. The number of nitrogens with zero attached hydrogens (tertiary/aromatic N) is 1. The number of nitrogens with one attached hydrogen (secondary N) is 1. The van der Waals surface area contributed by atoms with Gasteiger partial charge in [0.2, 0.25) is 0 Å². The standard InChI is InChI=1S/C19H22N2S/c1-2-5-17(6-3-1)7-4-12-20-18-8-10-19(11-9-18)21-13-15-22-16-14-21/h1-11,20H,12-16H2/b7-4+. The molecule has 22 heavy (non-hydrogen) atoms. The van der Waals surface area contributed by atoms with Gasteiger partial charge in [-0.1, -0.05) is 42.5 Å².